The lowest BCUT2D eigenvalue weighted by Crippen LogP contribution is -1.92. The molecule has 0 aliphatic rings. The van der Waals surface area contributed by atoms with E-state index in [0.717, 1.165) is 0 Å². The Bertz CT molecular complexity index is 583. The van der Waals surface area contributed by atoms with E-state index in [1.807, 2.05) is 0 Å². The SMILES string of the molecule is O=[SH](=O)c1cc([SH](=O)=O)c(O)c([SH](=O)=O)c1. The third kappa shape index (κ3) is 2.51. The van der Waals surface area contributed by atoms with Gasteiger partial charge in [-0.25, -0.2) is 25.3 Å². The molecule has 0 bridgehead atoms. The highest BCUT2D eigenvalue weighted by Crippen LogP contribution is 2.27. The molecule has 1 rings (SSSR count). The van der Waals surface area contributed by atoms with Gasteiger partial charge in [0.1, 0.15) is 9.79 Å². The Labute approximate surface area is 95.2 Å². The first-order valence-electron chi connectivity index (χ1n) is 3.64. The fourth-order valence-corrected chi connectivity index (χ4v) is 2.81. The van der Waals surface area contributed by atoms with Crippen molar-refractivity contribution in [1.82, 2.24) is 0 Å². The number of phenolic OH excluding ortho intramolecular Hbond substituents is 1. The van der Waals surface area contributed by atoms with Crippen LogP contribution in [-0.2, 0) is 32.1 Å². The van der Waals surface area contributed by atoms with Crippen molar-refractivity contribution >= 4 is 32.1 Å². The van der Waals surface area contributed by atoms with Crippen LogP contribution in [0.15, 0.2) is 26.8 Å². The van der Waals surface area contributed by atoms with E-state index in [-0.39, 0.29) is 0 Å². The molecule has 1 aromatic rings. The predicted molar refractivity (Wildman–Crippen MR) is 53.8 cm³/mol. The van der Waals surface area contributed by atoms with Crippen LogP contribution in [0.4, 0.5) is 0 Å². The predicted octanol–water partition coefficient (Wildman–Crippen LogP) is -1.70. The molecule has 0 atom stereocenters. The molecule has 16 heavy (non-hydrogen) atoms. The van der Waals surface area contributed by atoms with Crippen LogP contribution in [0.1, 0.15) is 0 Å². The molecule has 1 aromatic carbocycles. The van der Waals surface area contributed by atoms with Gasteiger partial charge >= 0.3 is 0 Å². The van der Waals surface area contributed by atoms with E-state index in [0.29, 0.717) is 12.1 Å². The van der Waals surface area contributed by atoms with Crippen molar-refractivity contribution in [3.8, 4) is 5.75 Å². The van der Waals surface area contributed by atoms with Gasteiger partial charge in [0.25, 0.3) is 0 Å². The largest absolute Gasteiger partial charge is 0.505 e. The number of hydrogen-bond donors (Lipinski definition) is 4. The zero-order valence-electron chi connectivity index (χ0n) is 7.39. The highest BCUT2D eigenvalue weighted by molar-refractivity contribution is 7.74. The minimum Gasteiger partial charge on any atom is -0.505 e. The first kappa shape index (κ1) is 12.9. The van der Waals surface area contributed by atoms with Gasteiger partial charge < -0.3 is 5.11 Å². The van der Waals surface area contributed by atoms with Crippen molar-refractivity contribution in [3.05, 3.63) is 12.1 Å². The smallest absolute Gasteiger partial charge is 0.172 e. The summed E-state index contributed by atoms with van der Waals surface area (Å²) in [5.74, 6) is -0.965. The number of thiol groups is 3. The van der Waals surface area contributed by atoms with Gasteiger partial charge in [-0.15, -0.1) is 0 Å². The summed E-state index contributed by atoms with van der Waals surface area (Å²) in [4.78, 5) is -1.96. The summed E-state index contributed by atoms with van der Waals surface area (Å²) >= 11 is 0. The molecule has 0 aromatic heterocycles. The Kier molecular flexibility index (Phi) is 3.88. The summed E-state index contributed by atoms with van der Waals surface area (Å²) in [6.07, 6.45) is 0. The summed E-state index contributed by atoms with van der Waals surface area (Å²) in [5, 5.41) is 9.27. The molecular formula is C6H6O7S3. The maximum Gasteiger partial charge on any atom is 0.172 e. The Balaban J connectivity index is 3.77. The molecule has 7 nitrogen and oxygen atoms in total. The Hall–Kier alpha value is -1.13. The number of phenols is 1. The molecule has 0 amide bonds. The van der Waals surface area contributed by atoms with Gasteiger partial charge in [0.15, 0.2) is 37.9 Å². The van der Waals surface area contributed by atoms with Crippen molar-refractivity contribution in [3.63, 3.8) is 0 Å². The summed E-state index contributed by atoms with van der Waals surface area (Å²) in [6.45, 7) is 0. The molecule has 0 saturated heterocycles. The van der Waals surface area contributed by atoms with Crippen LogP contribution >= 0.6 is 0 Å². The average Bonchev–Trinajstić information content (AvgIpc) is 2.16. The number of rotatable bonds is 3. The number of benzene rings is 1. The van der Waals surface area contributed by atoms with Crippen LogP contribution in [0.25, 0.3) is 0 Å². The lowest BCUT2D eigenvalue weighted by Gasteiger charge is -2.01. The van der Waals surface area contributed by atoms with Gasteiger partial charge in [-0.1, -0.05) is 0 Å². The van der Waals surface area contributed by atoms with Gasteiger partial charge in [0.05, 0.1) is 4.90 Å². The average molecular weight is 286 g/mol. The summed E-state index contributed by atoms with van der Waals surface area (Å²) in [5.41, 5.74) is 0. The Morgan fingerprint density at radius 2 is 1.12 bits per heavy atom. The Morgan fingerprint density at radius 3 is 1.38 bits per heavy atom. The molecule has 90 valence electrons. The van der Waals surface area contributed by atoms with Crippen LogP contribution in [0.2, 0.25) is 0 Å². The van der Waals surface area contributed by atoms with Crippen LogP contribution in [0, 0.1) is 0 Å². The third-order valence-electron chi connectivity index (χ3n) is 1.66. The molecule has 0 spiro atoms. The van der Waals surface area contributed by atoms with Crippen LogP contribution in [0.5, 0.6) is 5.75 Å². The van der Waals surface area contributed by atoms with Gasteiger partial charge in [0, 0.05) is 0 Å². The van der Waals surface area contributed by atoms with E-state index in [2.05, 4.69) is 0 Å². The second-order valence-electron chi connectivity index (χ2n) is 2.60. The first-order valence-corrected chi connectivity index (χ1v) is 7.18. The zero-order valence-corrected chi connectivity index (χ0v) is 10.1. The molecule has 10 heteroatoms. The van der Waals surface area contributed by atoms with Crippen LogP contribution < -0.4 is 0 Å². The molecule has 0 aliphatic heterocycles. The summed E-state index contributed by atoms with van der Waals surface area (Å²) in [7, 11) is -9.70. The lowest BCUT2D eigenvalue weighted by molar-refractivity contribution is 0.443. The van der Waals surface area contributed by atoms with E-state index in [4.69, 9.17) is 0 Å². The lowest BCUT2D eigenvalue weighted by atomic mass is 10.3. The van der Waals surface area contributed by atoms with Gasteiger partial charge in [-0.3, -0.25) is 0 Å². The standard InChI is InChI=1S/C6H6O7S3/c7-6-4(15(10)11)1-3(14(8)9)2-5(6)16(12)13/h1-2,7,14-16H. The number of aromatic hydroxyl groups is 1. The normalized spacial score (nSPS) is 11.4. The van der Waals surface area contributed by atoms with Gasteiger partial charge in [-0.2, -0.15) is 0 Å². The molecule has 0 radical (unpaired) electrons. The van der Waals surface area contributed by atoms with Crippen molar-refractivity contribution in [2.45, 2.75) is 14.7 Å². The van der Waals surface area contributed by atoms with E-state index < -0.39 is 52.5 Å². The van der Waals surface area contributed by atoms with Gasteiger partial charge in [0.2, 0.25) is 0 Å². The van der Waals surface area contributed by atoms with Crippen molar-refractivity contribution in [1.29, 1.82) is 0 Å². The second-order valence-corrected chi connectivity index (χ2v) is 5.63. The molecule has 0 fully saturated rings. The zero-order chi connectivity index (χ0) is 12.5. The maximum atomic E-state index is 10.7. The topological polar surface area (TPSA) is 123 Å². The monoisotopic (exact) mass is 286 g/mol. The van der Waals surface area contributed by atoms with Crippen molar-refractivity contribution in [2.75, 3.05) is 0 Å². The fraction of sp³-hybridized carbons (Fsp3) is 0. The van der Waals surface area contributed by atoms with Crippen molar-refractivity contribution in [2.24, 2.45) is 0 Å². The molecule has 0 heterocycles. The summed E-state index contributed by atoms with van der Waals surface area (Å²) < 4.78 is 63.9. The highest BCUT2D eigenvalue weighted by Gasteiger charge is 2.14. The molecule has 0 unspecified atom stereocenters. The number of hydrogen-bond acceptors (Lipinski definition) is 7. The quantitative estimate of drug-likeness (QED) is 0.489. The van der Waals surface area contributed by atoms with E-state index in [1.54, 1.807) is 0 Å². The minimum absolute atomic E-state index is 0.490. The maximum absolute atomic E-state index is 10.7. The summed E-state index contributed by atoms with van der Waals surface area (Å²) in [6, 6.07) is 1.38. The molecule has 0 saturated carbocycles. The molecule has 1 N–H and O–H groups in total. The van der Waals surface area contributed by atoms with Gasteiger partial charge in [-0.05, 0) is 12.1 Å². The fourth-order valence-electron chi connectivity index (χ4n) is 0.974. The second kappa shape index (κ2) is 4.80. The molecule has 0 aliphatic carbocycles. The van der Waals surface area contributed by atoms with E-state index in [1.165, 1.54) is 0 Å². The van der Waals surface area contributed by atoms with E-state index >= 15 is 0 Å². The van der Waals surface area contributed by atoms with Crippen LogP contribution in [-0.4, -0.2) is 30.4 Å². The third-order valence-corrected chi connectivity index (χ3v) is 3.81. The first-order chi connectivity index (χ1) is 7.34. The Morgan fingerprint density at radius 1 is 0.750 bits per heavy atom. The minimum atomic E-state index is -3.28. The highest BCUT2D eigenvalue weighted by atomic mass is 32.2. The van der Waals surface area contributed by atoms with Crippen molar-refractivity contribution < 1.29 is 30.4 Å². The molecular weight excluding hydrogens is 280 g/mol. The van der Waals surface area contributed by atoms with Crippen LogP contribution in [0.3, 0.4) is 0 Å². The van der Waals surface area contributed by atoms with E-state index in [9.17, 15) is 30.4 Å².